The first-order chi connectivity index (χ1) is 23.3. The Morgan fingerprint density at radius 1 is 0.812 bits per heavy atom. The van der Waals surface area contributed by atoms with E-state index >= 15 is 0 Å². The number of aliphatic hydroxyl groups excluding tert-OH is 2. The maximum absolute atomic E-state index is 12.1. The van der Waals surface area contributed by atoms with Gasteiger partial charge in [0, 0.05) is 48.7 Å². The molecule has 6 rings (SSSR count). The van der Waals surface area contributed by atoms with E-state index in [4.69, 9.17) is 23.7 Å². The lowest BCUT2D eigenvalue weighted by atomic mass is 9.72. The van der Waals surface area contributed by atoms with E-state index in [2.05, 4.69) is 0 Å². The van der Waals surface area contributed by atoms with Crippen molar-refractivity contribution in [3.63, 3.8) is 0 Å². The van der Waals surface area contributed by atoms with Crippen LogP contribution in [-0.2, 0) is 17.6 Å². The lowest BCUT2D eigenvalue weighted by Crippen LogP contribution is -2.46. The van der Waals surface area contributed by atoms with Crippen molar-refractivity contribution in [2.45, 2.75) is 50.9 Å². The average molecular weight is 657 g/mol. The first kappa shape index (κ1) is 33.5. The van der Waals surface area contributed by atoms with E-state index in [1.54, 1.807) is 57.7 Å². The summed E-state index contributed by atoms with van der Waals surface area (Å²) in [4.78, 5) is 0. The highest BCUT2D eigenvalue weighted by atomic mass is 16.5. The summed E-state index contributed by atoms with van der Waals surface area (Å²) in [6, 6.07) is 19.8. The number of ether oxygens (including phenoxy) is 5. The van der Waals surface area contributed by atoms with Crippen LogP contribution in [0.3, 0.4) is 0 Å². The predicted molar refractivity (Wildman–Crippen MR) is 181 cm³/mol. The molecule has 0 bridgehead atoms. The van der Waals surface area contributed by atoms with Gasteiger partial charge in [-0.1, -0.05) is 19.1 Å². The topological polar surface area (TPSA) is 127 Å². The number of aliphatic hydroxyl groups is 2. The summed E-state index contributed by atoms with van der Waals surface area (Å²) in [6.07, 6.45) is 0.0243. The van der Waals surface area contributed by atoms with Gasteiger partial charge in [-0.3, -0.25) is 0 Å². The minimum atomic E-state index is -0.996. The Labute approximate surface area is 281 Å². The lowest BCUT2D eigenvalue weighted by Gasteiger charge is -2.44. The van der Waals surface area contributed by atoms with Crippen LogP contribution in [0.5, 0.6) is 34.5 Å². The molecule has 2 aliphatic rings. The van der Waals surface area contributed by atoms with Gasteiger partial charge in [-0.05, 0) is 96.1 Å². The number of phenols is 2. The van der Waals surface area contributed by atoms with Gasteiger partial charge >= 0.3 is 0 Å². The van der Waals surface area contributed by atoms with Crippen LogP contribution in [0.25, 0.3) is 11.1 Å². The fraction of sp³-hybridized carbons (Fsp3) is 0.385. The minimum absolute atomic E-state index is 0.149. The zero-order chi connectivity index (χ0) is 33.9. The van der Waals surface area contributed by atoms with E-state index in [9.17, 15) is 20.4 Å². The zero-order valence-electron chi connectivity index (χ0n) is 27.8. The number of benzene rings is 4. The first-order valence-corrected chi connectivity index (χ1v) is 16.4. The van der Waals surface area contributed by atoms with Crippen LogP contribution >= 0.6 is 0 Å². The summed E-state index contributed by atoms with van der Waals surface area (Å²) in [5.41, 5.74) is 5.27. The van der Waals surface area contributed by atoms with E-state index in [-0.39, 0.29) is 18.1 Å². The van der Waals surface area contributed by atoms with Crippen molar-refractivity contribution < 1.29 is 44.1 Å². The monoisotopic (exact) mass is 656 g/mol. The Morgan fingerprint density at radius 3 is 2.33 bits per heavy atom. The standard InChI is InChI=1S/C39H44O9/c1-5-22-17-29(23-8-6-9-26(40)15-23)24(18-33(22)41)14-25-16-28(46-4)20-31-37(42)32(21-47-39(25)31)36-35(10-7-13-44-2)48-34-12-11-27(45-3)19-30(34)38(36)43/h6,8-9,11-12,15-20,32,35-38,40-43H,5,7,10,13-14,21H2,1-4H3/t32-,35+,36-,37-,38+/m1/s1. The van der Waals surface area contributed by atoms with Crippen LogP contribution in [0.2, 0.25) is 0 Å². The van der Waals surface area contributed by atoms with Gasteiger partial charge in [-0.25, -0.2) is 0 Å². The van der Waals surface area contributed by atoms with Crippen molar-refractivity contribution in [2.24, 2.45) is 11.8 Å². The number of hydrogen-bond donors (Lipinski definition) is 4. The number of fused-ring (bicyclic) bond motifs is 2. The molecule has 0 saturated heterocycles. The minimum Gasteiger partial charge on any atom is -0.508 e. The number of hydrogen-bond acceptors (Lipinski definition) is 9. The van der Waals surface area contributed by atoms with Gasteiger partial charge in [0.25, 0.3) is 0 Å². The van der Waals surface area contributed by atoms with Crippen LogP contribution in [-0.4, -0.2) is 61.1 Å². The van der Waals surface area contributed by atoms with E-state index < -0.39 is 30.1 Å². The van der Waals surface area contributed by atoms with E-state index in [1.165, 1.54) is 0 Å². The number of phenolic OH excluding ortho intramolecular Hbond substituents is 2. The van der Waals surface area contributed by atoms with Gasteiger partial charge in [0.1, 0.15) is 40.6 Å². The van der Waals surface area contributed by atoms with Crippen LogP contribution in [0, 0.1) is 11.8 Å². The molecule has 9 heteroatoms. The second-order valence-corrected chi connectivity index (χ2v) is 12.6. The SMILES string of the molecule is CCc1cc(-c2cccc(O)c2)c(Cc2cc(OC)cc3c2OC[C@H]([C@@H]2[C@H](CCCOC)Oc4ccc(OC)cc4[C@@H]2O)[C@@H]3O)cc1O. The molecule has 0 unspecified atom stereocenters. The molecule has 5 atom stereocenters. The third-order valence-corrected chi connectivity index (χ3v) is 9.71. The molecule has 4 aromatic carbocycles. The fourth-order valence-electron chi connectivity index (χ4n) is 7.24. The quantitative estimate of drug-likeness (QED) is 0.134. The van der Waals surface area contributed by atoms with Gasteiger partial charge in [-0.2, -0.15) is 0 Å². The van der Waals surface area contributed by atoms with E-state index in [0.717, 1.165) is 34.2 Å². The third kappa shape index (κ3) is 6.50. The van der Waals surface area contributed by atoms with Gasteiger partial charge in [0.2, 0.25) is 0 Å². The molecule has 0 aromatic heterocycles. The zero-order valence-corrected chi connectivity index (χ0v) is 27.8. The van der Waals surface area contributed by atoms with Crippen molar-refractivity contribution >= 4 is 0 Å². The van der Waals surface area contributed by atoms with Crippen molar-refractivity contribution in [3.8, 4) is 45.6 Å². The molecule has 0 fully saturated rings. The number of rotatable bonds is 11. The van der Waals surface area contributed by atoms with Crippen molar-refractivity contribution in [3.05, 3.63) is 94.5 Å². The summed E-state index contributed by atoms with van der Waals surface area (Å²) in [5, 5.41) is 45.1. The highest BCUT2D eigenvalue weighted by molar-refractivity contribution is 5.72. The molecular formula is C39H44O9. The number of aromatic hydroxyl groups is 2. The van der Waals surface area contributed by atoms with E-state index in [1.807, 2.05) is 37.3 Å². The number of methoxy groups -OCH3 is 3. The highest BCUT2D eigenvalue weighted by Gasteiger charge is 2.47. The lowest BCUT2D eigenvalue weighted by molar-refractivity contribution is -0.0889. The molecule has 0 aliphatic carbocycles. The predicted octanol–water partition coefficient (Wildman–Crippen LogP) is 6.51. The second-order valence-electron chi connectivity index (χ2n) is 12.6. The van der Waals surface area contributed by atoms with E-state index in [0.29, 0.717) is 60.0 Å². The molecule has 48 heavy (non-hydrogen) atoms. The molecule has 0 spiro atoms. The highest BCUT2D eigenvalue weighted by Crippen LogP contribution is 2.51. The molecule has 0 radical (unpaired) electrons. The molecule has 0 amide bonds. The van der Waals surface area contributed by atoms with Crippen LogP contribution < -0.4 is 18.9 Å². The van der Waals surface area contributed by atoms with Crippen LogP contribution in [0.1, 0.15) is 59.8 Å². The summed E-state index contributed by atoms with van der Waals surface area (Å²) in [6.45, 7) is 2.68. The Hall–Kier alpha value is -4.44. The second kappa shape index (κ2) is 14.4. The smallest absolute Gasteiger partial charge is 0.128 e. The largest absolute Gasteiger partial charge is 0.508 e. The molecular weight excluding hydrogens is 612 g/mol. The fourth-order valence-corrected chi connectivity index (χ4v) is 7.24. The third-order valence-electron chi connectivity index (χ3n) is 9.71. The molecule has 2 aliphatic heterocycles. The molecule has 0 saturated carbocycles. The maximum atomic E-state index is 12.1. The number of aryl methyl sites for hydroxylation is 1. The van der Waals surface area contributed by atoms with Crippen LogP contribution in [0.4, 0.5) is 0 Å². The Bertz CT molecular complexity index is 1750. The first-order valence-electron chi connectivity index (χ1n) is 16.4. The summed E-state index contributed by atoms with van der Waals surface area (Å²) in [5.74, 6) is 1.64. The van der Waals surface area contributed by atoms with Gasteiger partial charge < -0.3 is 44.1 Å². The maximum Gasteiger partial charge on any atom is 0.128 e. The molecule has 9 nitrogen and oxygen atoms in total. The summed E-state index contributed by atoms with van der Waals surface area (Å²) < 4.78 is 29.5. The normalized spacial score (nSPS) is 21.4. The van der Waals surface area contributed by atoms with Crippen molar-refractivity contribution in [2.75, 3.05) is 34.5 Å². The Balaban J connectivity index is 1.38. The Kier molecular flexibility index (Phi) is 10.0. The van der Waals surface area contributed by atoms with Gasteiger partial charge in [0.05, 0.1) is 33.0 Å². The van der Waals surface area contributed by atoms with Crippen LogP contribution in [0.15, 0.2) is 66.7 Å². The van der Waals surface area contributed by atoms with Gasteiger partial charge in [-0.15, -0.1) is 0 Å². The molecule has 2 heterocycles. The van der Waals surface area contributed by atoms with Crippen molar-refractivity contribution in [1.82, 2.24) is 0 Å². The van der Waals surface area contributed by atoms with Gasteiger partial charge in [0.15, 0.2) is 0 Å². The molecule has 254 valence electrons. The molecule has 4 aromatic rings. The van der Waals surface area contributed by atoms with Crippen molar-refractivity contribution in [1.29, 1.82) is 0 Å². The summed E-state index contributed by atoms with van der Waals surface area (Å²) in [7, 11) is 4.81. The summed E-state index contributed by atoms with van der Waals surface area (Å²) >= 11 is 0. The average Bonchev–Trinajstić information content (AvgIpc) is 3.09. The molecule has 4 N–H and O–H groups in total. The Morgan fingerprint density at radius 2 is 1.60 bits per heavy atom.